The highest BCUT2D eigenvalue weighted by atomic mass is 16.5. The van der Waals surface area contributed by atoms with Crippen LogP contribution in [-0.4, -0.2) is 86.0 Å². The maximum Gasteiger partial charge on any atom is 0.323 e. The summed E-state index contributed by atoms with van der Waals surface area (Å²) in [6.07, 6.45) is -0.487. The van der Waals surface area contributed by atoms with Gasteiger partial charge in [0.25, 0.3) is 5.91 Å². The first-order valence-corrected chi connectivity index (χ1v) is 14.2. The normalized spacial score (nSPS) is 16.8. The number of likely N-dealkylation sites (N-methyl/N-ethyl adjacent to an activating group) is 1. The number of nitrogens with zero attached hydrogens (tertiary/aromatic N) is 2. The van der Waals surface area contributed by atoms with Crippen LogP contribution in [0.15, 0.2) is 66.7 Å². The molecule has 4 N–H and O–H groups in total. The molecule has 0 fully saturated rings. The van der Waals surface area contributed by atoms with Crippen LogP contribution in [0.3, 0.4) is 0 Å². The Morgan fingerprint density at radius 3 is 2.07 bits per heavy atom. The summed E-state index contributed by atoms with van der Waals surface area (Å²) in [6.45, 7) is 3.98. The van der Waals surface area contributed by atoms with Crippen molar-refractivity contribution < 1.29 is 33.7 Å². The van der Waals surface area contributed by atoms with Crippen LogP contribution in [-0.2, 0) is 0 Å². The van der Waals surface area contributed by atoms with E-state index >= 15 is 0 Å². The topological polar surface area (TPSA) is 142 Å². The number of hydrogen-bond acceptors (Lipinski definition) is 7. The average Bonchev–Trinajstić information content (AvgIpc) is 3.03. The fourth-order valence-corrected chi connectivity index (χ4v) is 4.73. The summed E-state index contributed by atoms with van der Waals surface area (Å²) in [5.41, 5.74) is 1.79. The molecule has 4 rings (SSSR count). The van der Waals surface area contributed by atoms with Gasteiger partial charge in [-0.1, -0.05) is 6.92 Å². The lowest BCUT2D eigenvalue weighted by Crippen LogP contribution is -2.50. The molecule has 1 aliphatic rings. The van der Waals surface area contributed by atoms with Gasteiger partial charge in [-0.3, -0.25) is 4.79 Å². The van der Waals surface area contributed by atoms with Crippen LogP contribution in [0.1, 0.15) is 24.2 Å². The monoisotopic (exact) mass is 605 g/mol. The van der Waals surface area contributed by atoms with E-state index in [2.05, 4.69) is 16.0 Å². The smallest absolute Gasteiger partial charge is 0.323 e. The van der Waals surface area contributed by atoms with Crippen LogP contribution >= 0.6 is 0 Å². The number of nitrogens with one attached hydrogen (secondary N) is 3. The molecule has 0 unspecified atom stereocenters. The van der Waals surface area contributed by atoms with Crippen molar-refractivity contribution in [1.82, 2.24) is 9.80 Å². The van der Waals surface area contributed by atoms with Crippen LogP contribution in [0.25, 0.3) is 0 Å². The first-order chi connectivity index (χ1) is 21.1. The largest absolute Gasteiger partial charge is 0.497 e. The van der Waals surface area contributed by atoms with Gasteiger partial charge in [-0.2, -0.15) is 0 Å². The number of aliphatic hydroxyl groups excluding tert-OH is 1. The van der Waals surface area contributed by atoms with Gasteiger partial charge in [0.05, 0.1) is 39.0 Å². The van der Waals surface area contributed by atoms with Crippen LogP contribution in [0, 0.1) is 5.92 Å². The third-order valence-corrected chi connectivity index (χ3v) is 7.41. The van der Waals surface area contributed by atoms with Crippen molar-refractivity contribution >= 4 is 35.0 Å². The van der Waals surface area contributed by atoms with Crippen LogP contribution in [0.4, 0.5) is 26.7 Å². The molecule has 3 aromatic carbocycles. The summed E-state index contributed by atoms with van der Waals surface area (Å²) in [4.78, 5) is 42.6. The molecule has 0 radical (unpaired) electrons. The Balaban J connectivity index is 1.52. The highest BCUT2D eigenvalue weighted by Gasteiger charge is 2.34. The Hall–Kier alpha value is -4.97. The molecule has 12 heteroatoms. The summed E-state index contributed by atoms with van der Waals surface area (Å²) in [6, 6.07) is 17.4. The Bertz CT molecular complexity index is 1450. The Morgan fingerprint density at radius 2 is 1.50 bits per heavy atom. The first-order valence-electron chi connectivity index (χ1n) is 14.2. The average molecular weight is 606 g/mol. The lowest BCUT2D eigenvalue weighted by atomic mass is 9.99. The van der Waals surface area contributed by atoms with Gasteiger partial charge in [0.1, 0.15) is 23.4 Å². The highest BCUT2D eigenvalue weighted by Crippen LogP contribution is 2.31. The van der Waals surface area contributed by atoms with Gasteiger partial charge in [-0.25, -0.2) is 9.59 Å². The Kier molecular flexibility index (Phi) is 10.5. The standard InChI is InChI=1S/C32H39N5O7/c1-20-17-37(21(2)19-38)30(39)27-16-24(34-31(40)33-22-6-11-25(42-4)12-7-22)10-15-28(27)44-29(20)18-36(3)32(41)35-23-8-13-26(43-5)14-9-23/h6-16,20-21,29,38H,17-19H2,1-5H3,(H,35,41)(H2,33,34,40)/t20-,21+,29-/m1/s1. The molecular weight excluding hydrogens is 566 g/mol. The van der Waals surface area contributed by atoms with Crippen LogP contribution < -0.4 is 30.2 Å². The van der Waals surface area contributed by atoms with Gasteiger partial charge >= 0.3 is 12.1 Å². The number of carbonyl (C=O) groups excluding carboxylic acids is 3. The number of carbonyl (C=O) groups is 3. The Labute approximate surface area is 256 Å². The molecule has 0 bridgehead atoms. The predicted molar refractivity (Wildman–Crippen MR) is 168 cm³/mol. The second-order valence-electron chi connectivity index (χ2n) is 10.7. The molecule has 234 valence electrons. The third kappa shape index (κ3) is 7.90. The lowest BCUT2D eigenvalue weighted by molar-refractivity contribution is 0.0371. The van der Waals surface area contributed by atoms with E-state index in [-0.39, 0.29) is 43.1 Å². The predicted octanol–water partition coefficient (Wildman–Crippen LogP) is 4.73. The zero-order chi connectivity index (χ0) is 31.8. The van der Waals surface area contributed by atoms with E-state index in [4.69, 9.17) is 14.2 Å². The van der Waals surface area contributed by atoms with E-state index in [0.29, 0.717) is 34.3 Å². The van der Waals surface area contributed by atoms with Crippen molar-refractivity contribution in [1.29, 1.82) is 0 Å². The van der Waals surface area contributed by atoms with Crippen molar-refractivity contribution in [2.45, 2.75) is 26.0 Å². The number of ether oxygens (including phenoxy) is 3. The molecule has 12 nitrogen and oxygen atoms in total. The number of aliphatic hydroxyl groups is 1. The molecule has 0 saturated heterocycles. The number of benzene rings is 3. The second kappa shape index (κ2) is 14.5. The number of urea groups is 2. The van der Waals surface area contributed by atoms with Gasteiger partial charge < -0.3 is 45.1 Å². The quantitative estimate of drug-likeness (QED) is 0.276. The van der Waals surface area contributed by atoms with Crippen molar-refractivity contribution in [2.24, 2.45) is 5.92 Å². The van der Waals surface area contributed by atoms with Crippen LogP contribution in [0.2, 0.25) is 0 Å². The summed E-state index contributed by atoms with van der Waals surface area (Å²) in [5.74, 6) is 1.13. The summed E-state index contributed by atoms with van der Waals surface area (Å²) in [5, 5.41) is 18.3. The molecule has 0 saturated carbocycles. The molecule has 1 aliphatic heterocycles. The fourth-order valence-electron chi connectivity index (χ4n) is 4.73. The molecule has 3 atom stereocenters. The van der Waals surface area contributed by atoms with E-state index in [0.717, 1.165) is 0 Å². The second-order valence-corrected chi connectivity index (χ2v) is 10.7. The summed E-state index contributed by atoms with van der Waals surface area (Å²) in [7, 11) is 4.80. The molecule has 0 spiro atoms. The maximum absolute atomic E-state index is 13.7. The molecule has 0 aromatic heterocycles. The SMILES string of the molecule is COc1ccc(NC(=O)Nc2ccc3c(c2)C(=O)N([C@@H](C)CO)C[C@@H](C)[C@@H](CN(C)C(=O)Nc2ccc(OC)cc2)O3)cc1. The number of anilines is 3. The van der Waals surface area contributed by atoms with E-state index in [1.54, 1.807) is 99.8 Å². The molecule has 44 heavy (non-hydrogen) atoms. The van der Waals surface area contributed by atoms with E-state index in [1.165, 1.54) is 4.90 Å². The van der Waals surface area contributed by atoms with Crippen LogP contribution in [0.5, 0.6) is 17.2 Å². The van der Waals surface area contributed by atoms with E-state index in [1.807, 2.05) is 6.92 Å². The zero-order valence-corrected chi connectivity index (χ0v) is 25.5. The van der Waals surface area contributed by atoms with E-state index < -0.39 is 18.2 Å². The molecule has 0 aliphatic carbocycles. The minimum absolute atomic E-state index is 0.189. The molecule has 3 aromatic rings. The highest BCUT2D eigenvalue weighted by molar-refractivity contribution is 6.02. The number of amides is 5. The molecular formula is C32H39N5O7. The molecule has 1 heterocycles. The maximum atomic E-state index is 13.7. The van der Waals surface area contributed by atoms with Gasteiger partial charge in [0.2, 0.25) is 0 Å². The number of hydrogen-bond donors (Lipinski definition) is 4. The fraction of sp³-hybridized carbons (Fsp3) is 0.344. The van der Waals surface area contributed by atoms with E-state index in [9.17, 15) is 19.5 Å². The number of methoxy groups -OCH3 is 2. The van der Waals surface area contributed by atoms with Crippen molar-refractivity contribution in [2.75, 3.05) is 56.9 Å². The number of rotatable bonds is 9. The third-order valence-electron chi connectivity index (χ3n) is 7.41. The van der Waals surface area contributed by atoms with Gasteiger partial charge in [-0.15, -0.1) is 0 Å². The van der Waals surface area contributed by atoms with Gasteiger partial charge in [0, 0.05) is 36.6 Å². The molecule has 5 amide bonds. The summed E-state index contributed by atoms with van der Waals surface area (Å²) < 4.78 is 16.7. The van der Waals surface area contributed by atoms with Crippen molar-refractivity contribution in [3.63, 3.8) is 0 Å². The minimum atomic E-state index is -0.495. The van der Waals surface area contributed by atoms with Gasteiger partial charge in [-0.05, 0) is 73.7 Å². The Morgan fingerprint density at radius 1 is 0.955 bits per heavy atom. The van der Waals surface area contributed by atoms with Crippen molar-refractivity contribution in [3.8, 4) is 17.2 Å². The number of fused-ring (bicyclic) bond motifs is 1. The minimum Gasteiger partial charge on any atom is -0.497 e. The van der Waals surface area contributed by atoms with Gasteiger partial charge in [0.15, 0.2) is 0 Å². The first kappa shape index (κ1) is 32.0. The summed E-state index contributed by atoms with van der Waals surface area (Å²) >= 11 is 0. The van der Waals surface area contributed by atoms with Crippen molar-refractivity contribution in [3.05, 3.63) is 72.3 Å². The lowest BCUT2D eigenvalue weighted by Gasteiger charge is -2.38. The zero-order valence-electron chi connectivity index (χ0n) is 25.5.